The summed E-state index contributed by atoms with van der Waals surface area (Å²) < 4.78 is 34.1. The summed E-state index contributed by atoms with van der Waals surface area (Å²) in [6.45, 7) is 4.22. The summed E-state index contributed by atoms with van der Waals surface area (Å²) in [7, 11) is -5.01. The van der Waals surface area contributed by atoms with Crippen LogP contribution in [0.2, 0.25) is 0 Å². The van der Waals surface area contributed by atoms with Crippen LogP contribution in [0.4, 0.5) is 0 Å². The lowest BCUT2D eigenvalue weighted by molar-refractivity contribution is -0.220. The van der Waals surface area contributed by atoms with Gasteiger partial charge in [-0.1, -0.05) is 166 Å². The van der Waals surface area contributed by atoms with Crippen LogP contribution in [0, 0.1) is 0 Å². The van der Waals surface area contributed by atoms with E-state index in [-0.39, 0.29) is 13.0 Å². The van der Waals surface area contributed by atoms with Crippen LogP contribution in [0.1, 0.15) is 187 Å². The summed E-state index contributed by atoms with van der Waals surface area (Å²) in [4.78, 5) is 23.1. The Balaban J connectivity index is 2.32. The molecule has 6 unspecified atom stereocenters. The molecule has 0 aromatic carbocycles. The Labute approximate surface area is 357 Å². The summed E-state index contributed by atoms with van der Waals surface area (Å²) in [6, 6.07) is 0. The van der Waals surface area contributed by atoms with E-state index in [1.807, 2.05) is 0 Å². The minimum atomic E-state index is -5.01. The summed E-state index contributed by atoms with van der Waals surface area (Å²) in [6.07, 6.45) is 30.8. The van der Waals surface area contributed by atoms with Crippen LogP contribution in [0.15, 0.2) is 36.5 Å². The molecule has 346 valence electrons. The van der Waals surface area contributed by atoms with Gasteiger partial charge in [-0.15, -0.1) is 0 Å². The van der Waals surface area contributed by atoms with Gasteiger partial charge in [-0.25, -0.2) is 4.57 Å². The van der Waals surface area contributed by atoms with Gasteiger partial charge in [-0.2, -0.15) is 0 Å². The number of rotatable bonds is 39. The SMILES string of the molecule is CCCCCCC/C=C\C/C=C\C/C=C\CCCCCCCCCCC(=O)OC(COCCCCCCCCCCC)COP(=O)(O)OC1C(O)C(O)C(O)C(O)C1O. The zero-order chi connectivity index (χ0) is 43.4. The number of aliphatic hydroxyl groups excluding tert-OH is 5. The van der Waals surface area contributed by atoms with E-state index in [1.54, 1.807) is 0 Å². The first-order valence-corrected chi connectivity index (χ1v) is 24.8. The van der Waals surface area contributed by atoms with Gasteiger partial charge in [0.25, 0.3) is 0 Å². The zero-order valence-corrected chi connectivity index (χ0v) is 37.7. The standard InChI is InChI=1S/C46H85O12P/c1-3-5-7-9-11-13-14-15-16-17-18-19-20-21-22-23-24-25-26-27-29-31-33-35-40(47)57-39(37-55-36-34-32-30-28-12-10-8-6-4-2)38-56-59(53,54)58-46-44(51)42(49)41(48)43(50)45(46)52/h14-15,17-18,20-21,39,41-46,48-52H,3-13,16,19,22-38H2,1-2H3,(H,53,54)/b15-14-,18-17-,21-20-. The van der Waals surface area contributed by atoms with E-state index in [1.165, 1.54) is 96.3 Å². The molecule has 1 aliphatic carbocycles. The largest absolute Gasteiger partial charge is 0.472 e. The number of carbonyl (C=O) groups excluding carboxylic acids is 1. The van der Waals surface area contributed by atoms with Gasteiger partial charge in [0.05, 0.1) is 13.2 Å². The molecule has 1 saturated carbocycles. The average molecular weight is 861 g/mol. The molecule has 0 aromatic heterocycles. The molecule has 6 atom stereocenters. The number of carbonyl (C=O) groups is 1. The Morgan fingerprint density at radius 1 is 0.542 bits per heavy atom. The minimum Gasteiger partial charge on any atom is -0.457 e. The highest BCUT2D eigenvalue weighted by atomic mass is 31.2. The smallest absolute Gasteiger partial charge is 0.457 e. The van der Waals surface area contributed by atoms with Gasteiger partial charge in [-0.3, -0.25) is 13.8 Å². The fourth-order valence-electron chi connectivity index (χ4n) is 7.01. The normalized spacial score (nSPS) is 22.8. The molecule has 1 fully saturated rings. The molecule has 0 aromatic rings. The summed E-state index contributed by atoms with van der Waals surface area (Å²) in [5, 5.41) is 50.1. The molecule has 0 bridgehead atoms. The van der Waals surface area contributed by atoms with Gasteiger partial charge in [0.15, 0.2) is 0 Å². The van der Waals surface area contributed by atoms with Gasteiger partial charge in [-0.05, 0) is 51.4 Å². The van der Waals surface area contributed by atoms with Gasteiger partial charge < -0.3 is 39.9 Å². The molecule has 0 aliphatic heterocycles. The topological polar surface area (TPSA) is 192 Å². The number of aliphatic hydroxyl groups is 5. The second-order valence-electron chi connectivity index (χ2n) is 16.3. The van der Waals surface area contributed by atoms with Crippen molar-refractivity contribution in [1.82, 2.24) is 0 Å². The number of phosphoric ester groups is 1. The van der Waals surface area contributed by atoms with Gasteiger partial charge in [0.2, 0.25) is 0 Å². The Bertz CT molecular complexity index is 1120. The van der Waals surface area contributed by atoms with Gasteiger partial charge >= 0.3 is 13.8 Å². The third-order valence-electron chi connectivity index (χ3n) is 10.8. The molecule has 1 rings (SSSR count). The van der Waals surface area contributed by atoms with Crippen molar-refractivity contribution in [2.45, 2.75) is 230 Å². The van der Waals surface area contributed by atoms with Crippen molar-refractivity contribution in [2.75, 3.05) is 19.8 Å². The molecule has 0 radical (unpaired) electrons. The second kappa shape index (κ2) is 37.1. The molecule has 1 aliphatic rings. The van der Waals surface area contributed by atoms with Crippen LogP contribution in [0.5, 0.6) is 0 Å². The quantitative estimate of drug-likeness (QED) is 0.0149. The van der Waals surface area contributed by atoms with Crippen molar-refractivity contribution < 1.29 is 58.3 Å². The van der Waals surface area contributed by atoms with E-state index in [9.17, 15) is 39.8 Å². The first-order chi connectivity index (χ1) is 28.5. The molecule has 13 heteroatoms. The average Bonchev–Trinajstić information content (AvgIpc) is 3.22. The van der Waals surface area contributed by atoms with E-state index >= 15 is 0 Å². The number of esters is 1. The molecule has 0 amide bonds. The summed E-state index contributed by atoms with van der Waals surface area (Å²) >= 11 is 0. The third-order valence-corrected chi connectivity index (χ3v) is 11.8. The minimum absolute atomic E-state index is 0.0783. The fraction of sp³-hybridized carbons (Fsp3) is 0.848. The predicted octanol–water partition coefficient (Wildman–Crippen LogP) is 9.48. The lowest BCUT2D eigenvalue weighted by Gasteiger charge is -2.41. The number of hydrogen-bond donors (Lipinski definition) is 6. The van der Waals surface area contributed by atoms with E-state index in [4.69, 9.17) is 18.5 Å². The number of allylic oxidation sites excluding steroid dienone is 6. The maximum absolute atomic E-state index is 12.8. The third kappa shape index (κ3) is 29.5. The van der Waals surface area contributed by atoms with Crippen LogP contribution in [0.25, 0.3) is 0 Å². The highest BCUT2D eigenvalue weighted by molar-refractivity contribution is 7.47. The lowest BCUT2D eigenvalue weighted by Crippen LogP contribution is -2.64. The van der Waals surface area contributed by atoms with Gasteiger partial charge in [0.1, 0.15) is 42.7 Å². The molecule has 0 spiro atoms. The number of hydrogen-bond acceptors (Lipinski definition) is 11. The van der Waals surface area contributed by atoms with E-state index in [2.05, 4.69) is 50.3 Å². The van der Waals surface area contributed by atoms with Crippen molar-refractivity contribution >= 4 is 13.8 Å². The van der Waals surface area contributed by atoms with Crippen LogP contribution in [-0.4, -0.2) is 98.9 Å². The molecule has 0 heterocycles. The summed E-state index contributed by atoms with van der Waals surface area (Å²) in [5.41, 5.74) is 0. The van der Waals surface area contributed by atoms with Crippen molar-refractivity contribution in [1.29, 1.82) is 0 Å². The number of phosphoric acid groups is 1. The van der Waals surface area contributed by atoms with Crippen LogP contribution >= 0.6 is 7.82 Å². The Morgan fingerprint density at radius 3 is 1.44 bits per heavy atom. The van der Waals surface area contributed by atoms with Crippen LogP contribution in [-0.2, 0) is 27.9 Å². The molecule has 0 saturated heterocycles. The zero-order valence-electron chi connectivity index (χ0n) is 36.8. The second-order valence-corrected chi connectivity index (χ2v) is 17.7. The maximum Gasteiger partial charge on any atom is 0.472 e. The Hall–Kier alpha value is -1.44. The van der Waals surface area contributed by atoms with Crippen molar-refractivity contribution in [3.63, 3.8) is 0 Å². The number of unbranched alkanes of at least 4 members (excludes halogenated alkanes) is 21. The van der Waals surface area contributed by atoms with Gasteiger partial charge in [0, 0.05) is 13.0 Å². The van der Waals surface area contributed by atoms with Crippen molar-refractivity contribution in [3.05, 3.63) is 36.5 Å². The molecule has 12 nitrogen and oxygen atoms in total. The highest BCUT2D eigenvalue weighted by Crippen LogP contribution is 2.47. The molecular formula is C46H85O12P. The Morgan fingerprint density at radius 2 is 0.949 bits per heavy atom. The maximum atomic E-state index is 12.8. The summed E-state index contributed by atoms with van der Waals surface area (Å²) in [5.74, 6) is -0.485. The molecule has 6 N–H and O–H groups in total. The van der Waals surface area contributed by atoms with E-state index in [0.29, 0.717) is 13.0 Å². The fourth-order valence-corrected chi connectivity index (χ4v) is 7.98. The van der Waals surface area contributed by atoms with Crippen molar-refractivity contribution in [3.8, 4) is 0 Å². The lowest BCUT2D eigenvalue weighted by atomic mass is 9.85. The first kappa shape index (κ1) is 55.6. The molecular weight excluding hydrogens is 775 g/mol. The van der Waals surface area contributed by atoms with E-state index in [0.717, 1.165) is 64.2 Å². The first-order valence-electron chi connectivity index (χ1n) is 23.3. The highest BCUT2D eigenvalue weighted by Gasteiger charge is 2.51. The monoisotopic (exact) mass is 861 g/mol. The van der Waals surface area contributed by atoms with Crippen LogP contribution in [0.3, 0.4) is 0 Å². The molecule has 59 heavy (non-hydrogen) atoms. The van der Waals surface area contributed by atoms with Crippen LogP contribution < -0.4 is 0 Å². The Kier molecular flexibility index (Phi) is 35.0. The predicted molar refractivity (Wildman–Crippen MR) is 235 cm³/mol. The van der Waals surface area contributed by atoms with Crippen molar-refractivity contribution in [2.24, 2.45) is 0 Å². The number of ether oxygens (including phenoxy) is 2. The van der Waals surface area contributed by atoms with E-state index < -0.39 is 63.1 Å².